The lowest BCUT2D eigenvalue weighted by Gasteiger charge is -2.37. The first-order valence-electron chi connectivity index (χ1n) is 10.7. The van der Waals surface area contributed by atoms with Gasteiger partial charge in [0.15, 0.2) is 11.5 Å². The van der Waals surface area contributed by atoms with Crippen LogP contribution in [0.25, 0.3) is 0 Å². The molecular formula is C23H27N3O5S. The lowest BCUT2D eigenvalue weighted by Crippen LogP contribution is -2.55. The van der Waals surface area contributed by atoms with Crippen molar-refractivity contribution in [3.8, 4) is 11.5 Å². The van der Waals surface area contributed by atoms with Crippen molar-refractivity contribution in [1.29, 1.82) is 0 Å². The van der Waals surface area contributed by atoms with Crippen LogP contribution in [0.3, 0.4) is 0 Å². The first-order valence-corrected chi connectivity index (χ1v) is 11.6. The number of likely N-dealkylation sites (tertiary alicyclic amines) is 1. The maximum atomic E-state index is 13.2. The smallest absolute Gasteiger partial charge is 0.264 e. The van der Waals surface area contributed by atoms with Crippen LogP contribution in [0.2, 0.25) is 0 Å². The molecule has 2 aliphatic heterocycles. The third kappa shape index (κ3) is 4.29. The van der Waals surface area contributed by atoms with E-state index in [0.29, 0.717) is 61.1 Å². The van der Waals surface area contributed by atoms with E-state index < -0.39 is 6.04 Å². The van der Waals surface area contributed by atoms with Crippen LogP contribution >= 0.6 is 11.3 Å². The van der Waals surface area contributed by atoms with E-state index in [9.17, 15) is 14.4 Å². The highest BCUT2D eigenvalue weighted by Crippen LogP contribution is 2.28. The van der Waals surface area contributed by atoms with E-state index >= 15 is 0 Å². The minimum Gasteiger partial charge on any atom is -0.493 e. The van der Waals surface area contributed by atoms with Crippen LogP contribution in [-0.4, -0.2) is 85.4 Å². The molecule has 170 valence electrons. The van der Waals surface area contributed by atoms with Gasteiger partial charge in [0, 0.05) is 38.3 Å². The van der Waals surface area contributed by atoms with Crippen LogP contribution in [0.4, 0.5) is 0 Å². The summed E-state index contributed by atoms with van der Waals surface area (Å²) in [5.74, 6) is 0.874. The van der Waals surface area contributed by atoms with Gasteiger partial charge in [-0.15, -0.1) is 11.3 Å². The molecule has 4 rings (SSSR count). The molecule has 2 fully saturated rings. The maximum Gasteiger partial charge on any atom is 0.264 e. The number of piperazine rings is 1. The normalized spacial score (nSPS) is 18.6. The number of carbonyl (C=O) groups excluding carboxylic acids is 3. The van der Waals surface area contributed by atoms with E-state index in [4.69, 9.17) is 9.47 Å². The minimum absolute atomic E-state index is 0.0226. The van der Waals surface area contributed by atoms with Crippen molar-refractivity contribution in [3.63, 3.8) is 0 Å². The van der Waals surface area contributed by atoms with Crippen LogP contribution < -0.4 is 9.47 Å². The summed E-state index contributed by atoms with van der Waals surface area (Å²) in [6.07, 6.45) is 1.51. The molecule has 3 heterocycles. The number of amides is 3. The third-order valence-electron chi connectivity index (χ3n) is 6.04. The van der Waals surface area contributed by atoms with Gasteiger partial charge in [-0.25, -0.2) is 0 Å². The standard InChI is InChI=1S/C23H27N3O5S/c1-30-18-8-7-16(15-19(18)31-2)21(27)24-10-12-25(13-11-24)22(28)17-5-3-9-26(17)23(29)20-6-4-14-32-20/h4,6-8,14-15,17H,3,5,9-13H2,1-2H3/t17-/m0/s1. The van der Waals surface area contributed by atoms with E-state index in [1.165, 1.54) is 18.4 Å². The van der Waals surface area contributed by atoms with Crippen LogP contribution in [0.5, 0.6) is 11.5 Å². The van der Waals surface area contributed by atoms with Crippen molar-refractivity contribution in [2.75, 3.05) is 46.9 Å². The largest absolute Gasteiger partial charge is 0.493 e. The van der Waals surface area contributed by atoms with Gasteiger partial charge in [0.2, 0.25) is 5.91 Å². The Balaban J connectivity index is 1.37. The van der Waals surface area contributed by atoms with Gasteiger partial charge in [0.25, 0.3) is 11.8 Å². The Morgan fingerprint density at radius 3 is 2.28 bits per heavy atom. The number of rotatable bonds is 5. The van der Waals surface area contributed by atoms with Gasteiger partial charge in [-0.2, -0.15) is 0 Å². The zero-order chi connectivity index (χ0) is 22.7. The van der Waals surface area contributed by atoms with Crippen molar-refractivity contribution in [3.05, 3.63) is 46.2 Å². The van der Waals surface area contributed by atoms with Crippen molar-refractivity contribution in [2.24, 2.45) is 0 Å². The Hall–Kier alpha value is -3.07. The Morgan fingerprint density at radius 1 is 0.906 bits per heavy atom. The number of ether oxygens (including phenoxy) is 2. The van der Waals surface area contributed by atoms with Crippen LogP contribution in [0.15, 0.2) is 35.7 Å². The number of hydrogen-bond acceptors (Lipinski definition) is 6. The number of benzene rings is 1. The highest BCUT2D eigenvalue weighted by atomic mass is 32.1. The van der Waals surface area contributed by atoms with Crippen LogP contribution in [-0.2, 0) is 4.79 Å². The molecule has 2 aromatic rings. The molecular weight excluding hydrogens is 430 g/mol. The monoisotopic (exact) mass is 457 g/mol. The lowest BCUT2D eigenvalue weighted by atomic mass is 10.1. The summed E-state index contributed by atoms with van der Waals surface area (Å²) in [5, 5.41) is 1.87. The quantitative estimate of drug-likeness (QED) is 0.689. The van der Waals surface area contributed by atoms with E-state index in [1.807, 2.05) is 11.4 Å². The molecule has 0 bridgehead atoms. The first-order chi connectivity index (χ1) is 15.5. The second kappa shape index (κ2) is 9.60. The van der Waals surface area contributed by atoms with E-state index in [0.717, 1.165) is 6.42 Å². The first kappa shape index (κ1) is 22.1. The van der Waals surface area contributed by atoms with E-state index in [2.05, 4.69) is 0 Å². The average Bonchev–Trinajstić information content (AvgIpc) is 3.55. The highest BCUT2D eigenvalue weighted by molar-refractivity contribution is 7.12. The van der Waals surface area contributed by atoms with E-state index in [1.54, 1.807) is 46.1 Å². The average molecular weight is 458 g/mol. The molecule has 9 heteroatoms. The van der Waals surface area contributed by atoms with Gasteiger partial charge in [0.1, 0.15) is 6.04 Å². The molecule has 0 radical (unpaired) electrons. The molecule has 0 N–H and O–H groups in total. The summed E-state index contributed by atoms with van der Waals surface area (Å²) in [7, 11) is 3.08. The topological polar surface area (TPSA) is 79.4 Å². The van der Waals surface area contributed by atoms with Crippen molar-refractivity contribution < 1.29 is 23.9 Å². The van der Waals surface area contributed by atoms with Crippen LogP contribution in [0, 0.1) is 0 Å². The third-order valence-corrected chi connectivity index (χ3v) is 6.90. The molecule has 1 atom stereocenters. The van der Waals surface area contributed by atoms with Crippen molar-refractivity contribution in [1.82, 2.24) is 14.7 Å². The second-order valence-corrected chi connectivity index (χ2v) is 8.77. The molecule has 8 nitrogen and oxygen atoms in total. The van der Waals surface area contributed by atoms with Gasteiger partial charge in [-0.05, 0) is 42.5 Å². The fourth-order valence-corrected chi connectivity index (χ4v) is 4.98. The number of nitrogens with zero attached hydrogens (tertiary/aromatic N) is 3. The van der Waals surface area contributed by atoms with Gasteiger partial charge >= 0.3 is 0 Å². The Bertz CT molecular complexity index is 986. The fraction of sp³-hybridized carbons (Fsp3) is 0.435. The molecule has 0 unspecified atom stereocenters. The second-order valence-electron chi connectivity index (χ2n) is 7.82. The molecule has 3 amide bonds. The zero-order valence-electron chi connectivity index (χ0n) is 18.3. The predicted molar refractivity (Wildman–Crippen MR) is 120 cm³/mol. The SMILES string of the molecule is COc1ccc(C(=O)N2CCN(C(=O)[C@@H]3CCCN3C(=O)c3cccs3)CC2)cc1OC. The van der Waals surface area contributed by atoms with E-state index in [-0.39, 0.29) is 17.7 Å². The van der Waals surface area contributed by atoms with Crippen molar-refractivity contribution >= 4 is 29.1 Å². The molecule has 1 aromatic heterocycles. The van der Waals surface area contributed by atoms with Crippen LogP contribution in [0.1, 0.15) is 32.9 Å². The predicted octanol–water partition coefficient (Wildman–Crippen LogP) is 2.35. The fourth-order valence-electron chi connectivity index (χ4n) is 4.30. The number of carbonyl (C=O) groups is 3. The van der Waals surface area contributed by atoms with Gasteiger partial charge in [0.05, 0.1) is 19.1 Å². The molecule has 1 aromatic carbocycles. The Kier molecular flexibility index (Phi) is 6.64. The van der Waals surface area contributed by atoms with Gasteiger partial charge in [-0.1, -0.05) is 6.07 Å². The molecule has 0 spiro atoms. The minimum atomic E-state index is -0.419. The molecule has 0 saturated carbocycles. The highest BCUT2D eigenvalue weighted by Gasteiger charge is 2.38. The summed E-state index contributed by atoms with van der Waals surface area (Å²) in [6.45, 7) is 2.41. The van der Waals surface area contributed by atoms with Gasteiger partial charge < -0.3 is 24.2 Å². The molecule has 0 aliphatic carbocycles. The summed E-state index contributed by atoms with van der Waals surface area (Å²) < 4.78 is 10.5. The summed E-state index contributed by atoms with van der Waals surface area (Å²) >= 11 is 1.40. The number of hydrogen-bond donors (Lipinski definition) is 0. The Labute approximate surface area is 191 Å². The van der Waals surface area contributed by atoms with Crippen molar-refractivity contribution in [2.45, 2.75) is 18.9 Å². The Morgan fingerprint density at radius 2 is 1.62 bits per heavy atom. The molecule has 32 heavy (non-hydrogen) atoms. The number of thiophene rings is 1. The number of methoxy groups -OCH3 is 2. The van der Waals surface area contributed by atoms with Gasteiger partial charge in [-0.3, -0.25) is 14.4 Å². The summed E-state index contributed by atoms with van der Waals surface area (Å²) in [4.78, 5) is 44.8. The summed E-state index contributed by atoms with van der Waals surface area (Å²) in [5.41, 5.74) is 0.519. The zero-order valence-corrected chi connectivity index (χ0v) is 19.1. The summed E-state index contributed by atoms with van der Waals surface area (Å²) in [6, 6.07) is 8.33. The molecule has 2 aliphatic rings. The lowest BCUT2D eigenvalue weighted by molar-refractivity contribution is -0.136. The molecule has 2 saturated heterocycles. The maximum absolute atomic E-state index is 13.2.